The molecule has 1 unspecified atom stereocenters. The van der Waals surface area contributed by atoms with E-state index in [4.69, 9.17) is 9.47 Å². The van der Waals surface area contributed by atoms with Crippen molar-refractivity contribution in [2.24, 2.45) is 0 Å². The summed E-state index contributed by atoms with van der Waals surface area (Å²) < 4.78 is 11.5. The van der Waals surface area contributed by atoms with Gasteiger partial charge >= 0.3 is 0 Å². The summed E-state index contributed by atoms with van der Waals surface area (Å²) in [5.41, 5.74) is 1.19. The van der Waals surface area contributed by atoms with E-state index in [1.165, 1.54) is 5.56 Å². The lowest BCUT2D eigenvalue weighted by molar-refractivity contribution is 0.295. The molecule has 1 aromatic rings. The Morgan fingerprint density at radius 3 is 2.95 bits per heavy atom. The Kier molecular flexibility index (Phi) is 5.86. The Bertz CT molecular complexity index is 398. The summed E-state index contributed by atoms with van der Waals surface area (Å²) >= 11 is 1.88. The molecule has 1 aliphatic rings. The van der Waals surface area contributed by atoms with Crippen molar-refractivity contribution >= 4 is 11.8 Å². The second kappa shape index (κ2) is 7.65. The maximum atomic E-state index is 5.84. The molecular formula is C15H23NO2S. The molecule has 0 amide bonds. The Morgan fingerprint density at radius 2 is 2.16 bits per heavy atom. The third-order valence-electron chi connectivity index (χ3n) is 3.29. The third-order valence-corrected chi connectivity index (χ3v) is 4.03. The molecule has 3 nitrogen and oxygen atoms in total. The van der Waals surface area contributed by atoms with Gasteiger partial charge in [0, 0.05) is 30.3 Å². The molecule has 4 heteroatoms. The molecular weight excluding hydrogens is 258 g/mol. The van der Waals surface area contributed by atoms with Gasteiger partial charge in [-0.1, -0.05) is 19.1 Å². The van der Waals surface area contributed by atoms with Crippen molar-refractivity contribution in [3.05, 3.63) is 23.8 Å². The van der Waals surface area contributed by atoms with E-state index >= 15 is 0 Å². The van der Waals surface area contributed by atoms with Crippen LogP contribution in [0.5, 0.6) is 11.5 Å². The summed E-state index contributed by atoms with van der Waals surface area (Å²) in [6.45, 7) is 4.55. The van der Waals surface area contributed by atoms with Crippen LogP contribution in [0, 0.1) is 0 Å². The van der Waals surface area contributed by atoms with Crippen molar-refractivity contribution in [3.8, 4) is 11.5 Å². The standard InChI is InChI=1S/C15H23NO2S/c1-3-13(11-19-2)16-10-12-6-4-7-14-15(12)18-9-5-8-17-14/h4,6-7,13,16H,3,5,8-11H2,1-2H3. The van der Waals surface area contributed by atoms with Gasteiger partial charge in [0.2, 0.25) is 0 Å². The number of nitrogens with one attached hydrogen (secondary N) is 1. The molecule has 1 N–H and O–H groups in total. The lowest BCUT2D eigenvalue weighted by Crippen LogP contribution is -2.30. The fraction of sp³-hybridized carbons (Fsp3) is 0.600. The number of fused-ring (bicyclic) bond motifs is 1. The molecule has 1 aliphatic heterocycles. The molecule has 2 rings (SSSR count). The lowest BCUT2D eigenvalue weighted by atomic mass is 10.1. The first-order valence-electron chi connectivity index (χ1n) is 6.95. The van der Waals surface area contributed by atoms with Crippen LogP contribution in [-0.2, 0) is 6.54 Å². The molecule has 0 spiro atoms. The molecule has 1 aromatic carbocycles. The van der Waals surface area contributed by atoms with E-state index in [1.807, 2.05) is 23.9 Å². The normalized spacial score (nSPS) is 15.9. The molecule has 0 aliphatic carbocycles. The van der Waals surface area contributed by atoms with Gasteiger partial charge in [0.15, 0.2) is 11.5 Å². The largest absolute Gasteiger partial charge is 0.490 e. The average molecular weight is 281 g/mol. The fourth-order valence-corrected chi connectivity index (χ4v) is 2.93. The van der Waals surface area contributed by atoms with E-state index in [-0.39, 0.29) is 0 Å². The molecule has 106 valence electrons. The van der Waals surface area contributed by atoms with Crippen LogP contribution in [0.3, 0.4) is 0 Å². The minimum Gasteiger partial charge on any atom is -0.490 e. The van der Waals surface area contributed by atoms with E-state index in [2.05, 4.69) is 24.6 Å². The van der Waals surface area contributed by atoms with Crippen molar-refractivity contribution in [2.45, 2.75) is 32.4 Å². The van der Waals surface area contributed by atoms with Gasteiger partial charge in [-0.3, -0.25) is 0 Å². The van der Waals surface area contributed by atoms with Crippen LogP contribution in [-0.4, -0.2) is 31.3 Å². The first-order valence-corrected chi connectivity index (χ1v) is 8.34. The second-order valence-corrected chi connectivity index (χ2v) is 5.65. The number of para-hydroxylation sites is 1. The number of ether oxygens (including phenoxy) is 2. The molecule has 0 aromatic heterocycles. The van der Waals surface area contributed by atoms with Crippen molar-refractivity contribution in [2.75, 3.05) is 25.2 Å². The smallest absolute Gasteiger partial charge is 0.165 e. The minimum absolute atomic E-state index is 0.553. The zero-order chi connectivity index (χ0) is 13.5. The zero-order valence-electron chi connectivity index (χ0n) is 11.8. The number of benzene rings is 1. The van der Waals surface area contributed by atoms with Crippen LogP contribution >= 0.6 is 11.8 Å². The van der Waals surface area contributed by atoms with Gasteiger partial charge in [-0.25, -0.2) is 0 Å². The summed E-state index contributed by atoms with van der Waals surface area (Å²) in [5, 5.41) is 3.60. The van der Waals surface area contributed by atoms with Gasteiger partial charge in [-0.15, -0.1) is 0 Å². The molecule has 0 radical (unpaired) electrons. The summed E-state index contributed by atoms with van der Waals surface area (Å²) in [6, 6.07) is 6.70. The van der Waals surface area contributed by atoms with Crippen LogP contribution in [0.15, 0.2) is 18.2 Å². The zero-order valence-corrected chi connectivity index (χ0v) is 12.6. The number of hydrogen-bond acceptors (Lipinski definition) is 4. The van der Waals surface area contributed by atoms with E-state index in [0.29, 0.717) is 6.04 Å². The number of rotatable bonds is 6. The number of thioether (sulfide) groups is 1. The number of hydrogen-bond donors (Lipinski definition) is 1. The predicted molar refractivity (Wildman–Crippen MR) is 81.3 cm³/mol. The van der Waals surface area contributed by atoms with Crippen molar-refractivity contribution in [1.29, 1.82) is 0 Å². The predicted octanol–water partition coefficient (Wildman–Crippen LogP) is 3.08. The molecule has 1 atom stereocenters. The quantitative estimate of drug-likeness (QED) is 0.868. The van der Waals surface area contributed by atoms with Gasteiger partial charge in [-0.05, 0) is 18.7 Å². The van der Waals surface area contributed by atoms with Crippen LogP contribution in [0.2, 0.25) is 0 Å². The van der Waals surface area contributed by atoms with Gasteiger partial charge in [0.05, 0.1) is 13.2 Å². The van der Waals surface area contributed by atoms with Crippen LogP contribution < -0.4 is 14.8 Å². The van der Waals surface area contributed by atoms with Gasteiger partial charge in [-0.2, -0.15) is 11.8 Å². The van der Waals surface area contributed by atoms with Crippen LogP contribution in [0.25, 0.3) is 0 Å². The minimum atomic E-state index is 0.553. The summed E-state index contributed by atoms with van der Waals surface area (Å²) in [7, 11) is 0. The highest BCUT2D eigenvalue weighted by molar-refractivity contribution is 7.98. The van der Waals surface area contributed by atoms with Crippen molar-refractivity contribution in [1.82, 2.24) is 5.32 Å². The lowest BCUT2D eigenvalue weighted by Gasteiger charge is -2.18. The maximum absolute atomic E-state index is 5.84. The van der Waals surface area contributed by atoms with E-state index in [9.17, 15) is 0 Å². The molecule has 0 bridgehead atoms. The molecule has 19 heavy (non-hydrogen) atoms. The summed E-state index contributed by atoms with van der Waals surface area (Å²) in [5.74, 6) is 2.95. The molecule has 0 saturated heterocycles. The monoisotopic (exact) mass is 281 g/mol. The van der Waals surface area contributed by atoms with Crippen LogP contribution in [0.4, 0.5) is 0 Å². The maximum Gasteiger partial charge on any atom is 0.165 e. The molecule has 1 heterocycles. The summed E-state index contributed by atoms with van der Waals surface area (Å²) in [6.07, 6.45) is 4.24. The fourth-order valence-electron chi connectivity index (χ4n) is 2.17. The highest BCUT2D eigenvalue weighted by atomic mass is 32.2. The van der Waals surface area contributed by atoms with Gasteiger partial charge < -0.3 is 14.8 Å². The topological polar surface area (TPSA) is 30.5 Å². The average Bonchev–Trinajstić information content (AvgIpc) is 2.69. The second-order valence-electron chi connectivity index (χ2n) is 4.74. The van der Waals surface area contributed by atoms with E-state index < -0.39 is 0 Å². The molecule has 0 saturated carbocycles. The van der Waals surface area contributed by atoms with Gasteiger partial charge in [0.1, 0.15) is 0 Å². The van der Waals surface area contributed by atoms with Crippen LogP contribution in [0.1, 0.15) is 25.3 Å². The Hall–Kier alpha value is -0.870. The van der Waals surface area contributed by atoms with Crippen molar-refractivity contribution < 1.29 is 9.47 Å². The van der Waals surface area contributed by atoms with E-state index in [0.717, 1.165) is 49.9 Å². The third kappa shape index (κ3) is 4.05. The Balaban J connectivity index is 2.03. The van der Waals surface area contributed by atoms with Crippen molar-refractivity contribution in [3.63, 3.8) is 0 Å². The first kappa shape index (κ1) is 14.5. The summed E-state index contributed by atoms with van der Waals surface area (Å²) in [4.78, 5) is 0. The SMILES string of the molecule is CCC(CSC)NCc1cccc2c1OCCCO2. The van der Waals surface area contributed by atoms with Gasteiger partial charge in [0.25, 0.3) is 0 Å². The highest BCUT2D eigenvalue weighted by Gasteiger charge is 2.15. The Morgan fingerprint density at radius 1 is 1.32 bits per heavy atom. The van der Waals surface area contributed by atoms with E-state index in [1.54, 1.807) is 0 Å². The molecule has 0 fully saturated rings. The highest BCUT2D eigenvalue weighted by Crippen LogP contribution is 2.33. The first-order chi connectivity index (χ1) is 9.35. The Labute approximate surface area is 120 Å².